The number of benzene rings is 2. The smallest absolute Gasteiger partial charge is 0.139 e. The van der Waals surface area contributed by atoms with Crippen LogP contribution in [0.15, 0.2) is 40.9 Å². The third kappa shape index (κ3) is 3.04. The van der Waals surface area contributed by atoms with E-state index >= 15 is 0 Å². The number of anilines is 2. The van der Waals surface area contributed by atoms with Crippen LogP contribution in [0.25, 0.3) is 0 Å². The summed E-state index contributed by atoms with van der Waals surface area (Å²) in [5.41, 5.74) is 7.15. The van der Waals surface area contributed by atoms with Gasteiger partial charge in [0, 0.05) is 11.6 Å². The molecule has 2 rings (SSSR count). The van der Waals surface area contributed by atoms with Crippen LogP contribution in [0.1, 0.15) is 18.5 Å². The second-order valence-electron chi connectivity index (χ2n) is 4.24. The van der Waals surface area contributed by atoms with Crippen molar-refractivity contribution in [2.45, 2.75) is 13.0 Å². The standard InChI is InChI=1S/C14H13BrF2N2/c1-8(9-4-2-3-5-11(9)16)19-14-7-12(17)10(15)6-13(14)18/h2-8,19H,18H2,1H3. The molecule has 0 aliphatic rings. The van der Waals surface area contributed by atoms with Gasteiger partial charge in [0.25, 0.3) is 0 Å². The Bertz CT molecular complexity index is 602. The minimum Gasteiger partial charge on any atom is -0.397 e. The maximum Gasteiger partial charge on any atom is 0.139 e. The molecule has 5 heteroatoms. The molecule has 0 saturated heterocycles. The minimum atomic E-state index is -0.419. The van der Waals surface area contributed by atoms with Crippen LogP contribution < -0.4 is 11.1 Å². The fourth-order valence-corrected chi connectivity index (χ4v) is 2.19. The molecule has 0 aliphatic carbocycles. The summed E-state index contributed by atoms with van der Waals surface area (Å²) in [6, 6.07) is 8.89. The van der Waals surface area contributed by atoms with Gasteiger partial charge in [0.1, 0.15) is 11.6 Å². The van der Waals surface area contributed by atoms with Crippen LogP contribution in [-0.2, 0) is 0 Å². The molecule has 19 heavy (non-hydrogen) atoms. The fourth-order valence-electron chi connectivity index (χ4n) is 1.82. The Labute approximate surface area is 118 Å². The first-order valence-electron chi connectivity index (χ1n) is 5.74. The Balaban J connectivity index is 2.27. The van der Waals surface area contributed by atoms with Crippen molar-refractivity contribution in [3.05, 3.63) is 58.1 Å². The van der Waals surface area contributed by atoms with E-state index in [1.54, 1.807) is 25.1 Å². The fraction of sp³-hybridized carbons (Fsp3) is 0.143. The summed E-state index contributed by atoms with van der Waals surface area (Å²) < 4.78 is 27.4. The van der Waals surface area contributed by atoms with E-state index in [2.05, 4.69) is 21.2 Å². The largest absolute Gasteiger partial charge is 0.397 e. The Kier molecular flexibility index (Phi) is 4.04. The van der Waals surface area contributed by atoms with Crippen molar-refractivity contribution >= 4 is 27.3 Å². The second kappa shape index (κ2) is 5.57. The van der Waals surface area contributed by atoms with Gasteiger partial charge in [0.2, 0.25) is 0 Å². The van der Waals surface area contributed by atoms with Crippen molar-refractivity contribution in [2.75, 3.05) is 11.1 Å². The number of nitrogen functional groups attached to an aromatic ring is 1. The Morgan fingerprint density at radius 2 is 1.84 bits per heavy atom. The molecule has 1 unspecified atom stereocenters. The highest BCUT2D eigenvalue weighted by Crippen LogP contribution is 2.29. The van der Waals surface area contributed by atoms with E-state index in [1.165, 1.54) is 18.2 Å². The average molecular weight is 327 g/mol. The molecule has 3 N–H and O–H groups in total. The van der Waals surface area contributed by atoms with Crippen LogP contribution in [0.4, 0.5) is 20.2 Å². The monoisotopic (exact) mass is 326 g/mol. The van der Waals surface area contributed by atoms with Crippen LogP contribution in [0.5, 0.6) is 0 Å². The van der Waals surface area contributed by atoms with E-state index in [4.69, 9.17) is 5.73 Å². The van der Waals surface area contributed by atoms with E-state index in [0.29, 0.717) is 21.4 Å². The van der Waals surface area contributed by atoms with Gasteiger partial charge in [-0.3, -0.25) is 0 Å². The molecule has 0 spiro atoms. The molecule has 2 nitrogen and oxygen atoms in total. The molecule has 0 aromatic heterocycles. The van der Waals surface area contributed by atoms with E-state index in [9.17, 15) is 8.78 Å². The molecule has 0 amide bonds. The highest BCUT2D eigenvalue weighted by atomic mass is 79.9. The van der Waals surface area contributed by atoms with E-state index in [-0.39, 0.29) is 11.9 Å². The molecule has 0 bridgehead atoms. The highest BCUT2D eigenvalue weighted by Gasteiger charge is 2.13. The van der Waals surface area contributed by atoms with Crippen molar-refractivity contribution < 1.29 is 8.78 Å². The molecule has 0 aliphatic heterocycles. The SMILES string of the molecule is CC(Nc1cc(F)c(Br)cc1N)c1ccccc1F. The quantitative estimate of drug-likeness (QED) is 0.816. The van der Waals surface area contributed by atoms with Gasteiger partial charge in [0.05, 0.1) is 21.9 Å². The van der Waals surface area contributed by atoms with Crippen molar-refractivity contribution in [3.63, 3.8) is 0 Å². The molecule has 100 valence electrons. The summed E-state index contributed by atoms with van der Waals surface area (Å²) in [5.74, 6) is -0.726. The number of hydrogen-bond acceptors (Lipinski definition) is 2. The zero-order valence-electron chi connectivity index (χ0n) is 10.3. The van der Waals surface area contributed by atoms with Gasteiger partial charge in [-0.2, -0.15) is 0 Å². The summed E-state index contributed by atoms with van der Waals surface area (Å²) in [7, 11) is 0. The van der Waals surface area contributed by atoms with Gasteiger partial charge >= 0.3 is 0 Å². The Morgan fingerprint density at radius 1 is 1.16 bits per heavy atom. The van der Waals surface area contributed by atoms with Crippen molar-refractivity contribution in [3.8, 4) is 0 Å². The summed E-state index contributed by atoms with van der Waals surface area (Å²) in [4.78, 5) is 0. The number of halogens is 3. The molecule has 0 fully saturated rings. The maximum absolute atomic E-state index is 13.6. The molecule has 1 atom stereocenters. The zero-order chi connectivity index (χ0) is 14.0. The summed E-state index contributed by atoms with van der Waals surface area (Å²) in [5, 5.41) is 3.01. The third-order valence-electron chi connectivity index (χ3n) is 2.84. The first kappa shape index (κ1) is 13.8. The number of hydrogen-bond donors (Lipinski definition) is 2. The first-order valence-corrected chi connectivity index (χ1v) is 6.54. The predicted octanol–water partition coefficient (Wildman–Crippen LogP) is 4.48. The topological polar surface area (TPSA) is 38.0 Å². The lowest BCUT2D eigenvalue weighted by Gasteiger charge is -2.18. The lowest BCUT2D eigenvalue weighted by atomic mass is 10.1. The minimum absolute atomic E-state index is 0.300. The second-order valence-corrected chi connectivity index (χ2v) is 5.10. The van der Waals surface area contributed by atoms with Crippen molar-refractivity contribution in [1.82, 2.24) is 0 Å². The lowest BCUT2D eigenvalue weighted by Crippen LogP contribution is -2.10. The number of nitrogens with one attached hydrogen (secondary N) is 1. The molecule has 2 aromatic carbocycles. The molecular weight excluding hydrogens is 314 g/mol. The van der Waals surface area contributed by atoms with Gasteiger partial charge in [-0.15, -0.1) is 0 Å². The molecule has 0 radical (unpaired) electrons. The van der Waals surface area contributed by atoms with Gasteiger partial charge in [-0.1, -0.05) is 18.2 Å². The zero-order valence-corrected chi connectivity index (χ0v) is 11.8. The Hall–Kier alpha value is -1.62. The van der Waals surface area contributed by atoms with Gasteiger partial charge in [0.15, 0.2) is 0 Å². The predicted molar refractivity (Wildman–Crippen MR) is 77.0 cm³/mol. The maximum atomic E-state index is 13.6. The van der Waals surface area contributed by atoms with Crippen LogP contribution in [0.3, 0.4) is 0 Å². The summed E-state index contributed by atoms with van der Waals surface area (Å²) in [6.07, 6.45) is 0. The van der Waals surface area contributed by atoms with Crippen LogP contribution in [-0.4, -0.2) is 0 Å². The van der Waals surface area contributed by atoms with Crippen LogP contribution in [0, 0.1) is 11.6 Å². The van der Waals surface area contributed by atoms with Crippen LogP contribution >= 0.6 is 15.9 Å². The molecule has 0 saturated carbocycles. The van der Waals surface area contributed by atoms with Gasteiger partial charge in [-0.05, 0) is 35.0 Å². The van der Waals surface area contributed by atoms with E-state index in [0.717, 1.165) is 0 Å². The molecule has 2 aromatic rings. The lowest BCUT2D eigenvalue weighted by molar-refractivity contribution is 0.600. The normalized spacial score (nSPS) is 12.2. The molecule has 0 heterocycles. The molecular formula is C14H13BrF2N2. The summed E-state index contributed by atoms with van der Waals surface area (Å²) >= 11 is 3.06. The number of nitrogens with two attached hydrogens (primary N) is 1. The van der Waals surface area contributed by atoms with Crippen molar-refractivity contribution in [1.29, 1.82) is 0 Å². The van der Waals surface area contributed by atoms with Gasteiger partial charge in [-0.25, -0.2) is 8.78 Å². The van der Waals surface area contributed by atoms with E-state index in [1.807, 2.05) is 0 Å². The van der Waals surface area contributed by atoms with E-state index < -0.39 is 5.82 Å². The number of rotatable bonds is 3. The first-order chi connectivity index (χ1) is 8.99. The third-order valence-corrected chi connectivity index (χ3v) is 3.44. The summed E-state index contributed by atoms with van der Waals surface area (Å²) in [6.45, 7) is 1.79. The van der Waals surface area contributed by atoms with Crippen LogP contribution in [0.2, 0.25) is 0 Å². The average Bonchev–Trinajstić information content (AvgIpc) is 2.36. The van der Waals surface area contributed by atoms with Gasteiger partial charge < -0.3 is 11.1 Å². The highest BCUT2D eigenvalue weighted by molar-refractivity contribution is 9.10. The van der Waals surface area contributed by atoms with Crippen molar-refractivity contribution in [2.24, 2.45) is 0 Å². The Morgan fingerprint density at radius 3 is 2.53 bits per heavy atom.